The van der Waals surface area contributed by atoms with E-state index in [9.17, 15) is 9.18 Å². The van der Waals surface area contributed by atoms with Gasteiger partial charge in [-0.3, -0.25) is 0 Å². The van der Waals surface area contributed by atoms with Crippen molar-refractivity contribution in [2.45, 2.75) is 31.3 Å². The van der Waals surface area contributed by atoms with Crippen molar-refractivity contribution in [3.05, 3.63) is 51.5 Å². The summed E-state index contributed by atoms with van der Waals surface area (Å²) in [5, 5.41) is 3.52. The summed E-state index contributed by atoms with van der Waals surface area (Å²) in [4.78, 5) is 18.5. The number of urea groups is 1. The van der Waals surface area contributed by atoms with Gasteiger partial charge in [0.2, 0.25) is 5.95 Å². The van der Waals surface area contributed by atoms with Crippen LogP contribution in [0, 0.1) is 5.95 Å². The first-order chi connectivity index (χ1) is 12.5. The van der Waals surface area contributed by atoms with Crippen molar-refractivity contribution < 1.29 is 13.9 Å². The smallest absolute Gasteiger partial charge is 0.322 e. The van der Waals surface area contributed by atoms with Gasteiger partial charge in [-0.15, -0.1) is 0 Å². The zero-order valence-corrected chi connectivity index (χ0v) is 15.4. The Morgan fingerprint density at radius 1 is 1.35 bits per heavy atom. The topological polar surface area (TPSA) is 54.5 Å². The molecule has 1 N–H and O–H groups in total. The molecule has 2 atom stereocenters. The molecule has 1 aromatic carbocycles. The highest BCUT2D eigenvalue weighted by Crippen LogP contribution is 2.44. The number of nitrogens with one attached hydrogen (secondary N) is 1. The maximum absolute atomic E-state index is 14.0. The predicted molar refractivity (Wildman–Crippen MR) is 97.5 cm³/mol. The molecule has 2 bridgehead atoms. The molecule has 0 saturated carbocycles. The van der Waals surface area contributed by atoms with Crippen molar-refractivity contribution in [1.82, 2.24) is 9.88 Å². The first-order valence-corrected chi connectivity index (χ1v) is 9.00. The predicted octanol–water partition coefficient (Wildman–Crippen LogP) is 4.83. The summed E-state index contributed by atoms with van der Waals surface area (Å²) in [6.45, 7) is 0. The third kappa shape index (κ3) is 2.77. The van der Waals surface area contributed by atoms with Gasteiger partial charge in [0.05, 0.1) is 28.9 Å². The summed E-state index contributed by atoms with van der Waals surface area (Å²) in [5.41, 5.74) is 1.90. The zero-order chi connectivity index (χ0) is 18.4. The third-order valence-electron chi connectivity index (χ3n) is 5.06. The van der Waals surface area contributed by atoms with Crippen LogP contribution in [0.5, 0.6) is 5.75 Å². The highest BCUT2D eigenvalue weighted by atomic mass is 35.5. The minimum atomic E-state index is -0.439. The minimum absolute atomic E-state index is 0.0556. The largest absolute Gasteiger partial charge is 0.495 e. The summed E-state index contributed by atoms with van der Waals surface area (Å²) in [5.74, 6) is -0.0154. The Kier molecular flexibility index (Phi) is 4.40. The quantitative estimate of drug-likeness (QED) is 0.740. The van der Waals surface area contributed by atoms with Gasteiger partial charge in [0.1, 0.15) is 5.75 Å². The Morgan fingerprint density at radius 3 is 2.88 bits per heavy atom. The van der Waals surface area contributed by atoms with Crippen molar-refractivity contribution in [2.24, 2.45) is 0 Å². The van der Waals surface area contributed by atoms with Crippen LogP contribution < -0.4 is 10.1 Å². The lowest BCUT2D eigenvalue weighted by molar-refractivity contribution is 0.178. The van der Waals surface area contributed by atoms with Crippen molar-refractivity contribution in [3.8, 4) is 5.75 Å². The van der Waals surface area contributed by atoms with E-state index in [1.54, 1.807) is 23.1 Å². The van der Waals surface area contributed by atoms with E-state index in [1.807, 2.05) is 0 Å². The fourth-order valence-corrected chi connectivity index (χ4v) is 4.22. The number of aromatic nitrogens is 1. The van der Waals surface area contributed by atoms with E-state index in [0.29, 0.717) is 33.5 Å². The van der Waals surface area contributed by atoms with Crippen molar-refractivity contribution in [2.75, 3.05) is 12.4 Å². The number of ether oxygens (including phenoxy) is 1. The molecule has 8 heteroatoms. The number of methoxy groups -OCH3 is 1. The lowest BCUT2D eigenvalue weighted by Gasteiger charge is -2.36. The van der Waals surface area contributed by atoms with E-state index in [4.69, 9.17) is 27.9 Å². The molecule has 5 nitrogen and oxygen atoms in total. The maximum atomic E-state index is 14.0. The number of fused-ring (bicyclic) bond motifs is 4. The van der Waals surface area contributed by atoms with Crippen molar-refractivity contribution in [3.63, 3.8) is 0 Å². The molecule has 0 radical (unpaired) electrons. The van der Waals surface area contributed by atoms with Crippen molar-refractivity contribution >= 4 is 34.9 Å². The molecular formula is C18H16Cl2FN3O2. The molecule has 1 saturated heterocycles. The standard InChI is InChI=1S/C18H16Cl2FN3O2/c1-26-16-8-13(20)12(19)7-14(16)23-18(25)24-9-2-3-15(24)10-4-5-22-17(21)11(10)6-9/h4-5,7-9,15H,2-3,6H2,1H3,(H,23,25)/t9-,15+/m1/s1. The van der Waals surface area contributed by atoms with E-state index in [-0.39, 0.29) is 18.1 Å². The van der Waals surface area contributed by atoms with Gasteiger partial charge in [-0.25, -0.2) is 9.78 Å². The zero-order valence-electron chi connectivity index (χ0n) is 13.9. The highest BCUT2D eigenvalue weighted by Gasteiger charge is 2.43. The molecule has 2 aliphatic heterocycles. The number of nitrogens with zero attached hydrogens (tertiary/aromatic N) is 2. The molecule has 2 aliphatic rings. The summed E-state index contributed by atoms with van der Waals surface area (Å²) in [6.07, 6.45) is 3.54. The molecule has 0 unspecified atom stereocenters. The molecular weight excluding hydrogens is 380 g/mol. The molecule has 2 aromatic rings. The second-order valence-electron chi connectivity index (χ2n) is 6.42. The number of carbonyl (C=O) groups is 1. The lowest BCUT2D eigenvalue weighted by Crippen LogP contribution is -2.44. The van der Waals surface area contributed by atoms with E-state index in [0.717, 1.165) is 18.4 Å². The van der Waals surface area contributed by atoms with Gasteiger partial charge in [-0.2, -0.15) is 4.39 Å². The van der Waals surface area contributed by atoms with Crippen molar-refractivity contribution in [1.29, 1.82) is 0 Å². The molecule has 1 fully saturated rings. The SMILES string of the molecule is COc1cc(Cl)c(Cl)cc1NC(=O)N1[C@@H]2CC[C@H]1c1ccnc(F)c1C2. The Bertz CT molecular complexity index is 893. The van der Waals surface area contributed by atoms with E-state index in [1.165, 1.54) is 13.3 Å². The van der Waals surface area contributed by atoms with Gasteiger partial charge >= 0.3 is 6.03 Å². The maximum Gasteiger partial charge on any atom is 0.322 e. The summed E-state index contributed by atoms with van der Waals surface area (Å²) in [7, 11) is 1.49. The fourth-order valence-electron chi connectivity index (χ4n) is 3.90. The van der Waals surface area contributed by atoms with Gasteiger partial charge in [0, 0.05) is 23.9 Å². The van der Waals surface area contributed by atoms with E-state index in [2.05, 4.69) is 10.3 Å². The number of halogens is 3. The molecule has 1 aromatic heterocycles. The van der Waals surface area contributed by atoms with Crippen LogP contribution in [0.4, 0.5) is 14.9 Å². The van der Waals surface area contributed by atoms with E-state index >= 15 is 0 Å². The second kappa shape index (κ2) is 6.59. The molecule has 4 rings (SSSR count). The molecule has 2 amide bonds. The summed E-state index contributed by atoms with van der Waals surface area (Å²) in [6, 6.07) is 4.43. The van der Waals surface area contributed by atoms with Gasteiger partial charge in [-0.05, 0) is 37.0 Å². The second-order valence-corrected chi connectivity index (χ2v) is 7.24. The van der Waals surface area contributed by atoms with Crippen LogP contribution in [0.25, 0.3) is 0 Å². The van der Waals surface area contributed by atoms with Gasteiger partial charge in [0.25, 0.3) is 0 Å². The number of hydrogen-bond acceptors (Lipinski definition) is 3. The van der Waals surface area contributed by atoms with Crippen LogP contribution in [-0.4, -0.2) is 29.1 Å². The number of pyridine rings is 1. The van der Waals surface area contributed by atoms with Crippen LogP contribution in [0.15, 0.2) is 24.4 Å². The lowest BCUT2D eigenvalue weighted by atomic mass is 9.95. The summed E-state index contributed by atoms with van der Waals surface area (Å²) >= 11 is 12.1. The molecule has 0 aliphatic carbocycles. The molecule has 136 valence electrons. The Morgan fingerprint density at radius 2 is 2.12 bits per heavy atom. The molecule has 0 spiro atoms. The van der Waals surface area contributed by atoms with Crippen LogP contribution >= 0.6 is 23.2 Å². The fraction of sp³-hybridized carbons (Fsp3) is 0.333. The number of carbonyl (C=O) groups excluding carboxylic acids is 1. The van der Waals surface area contributed by atoms with Gasteiger partial charge in [-0.1, -0.05) is 23.2 Å². The van der Waals surface area contributed by atoms with E-state index < -0.39 is 5.95 Å². The average molecular weight is 396 g/mol. The molecule has 3 heterocycles. The van der Waals surface area contributed by atoms with Gasteiger partial charge < -0.3 is 15.0 Å². The van der Waals surface area contributed by atoms with Crippen LogP contribution in [0.3, 0.4) is 0 Å². The number of rotatable bonds is 2. The average Bonchev–Trinajstić information content (AvgIpc) is 2.94. The van der Waals surface area contributed by atoms with Gasteiger partial charge in [0.15, 0.2) is 0 Å². The normalized spacial score (nSPS) is 20.7. The molecule has 26 heavy (non-hydrogen) atoms. The number of anilines is 1. The Balaban J connectivity index is 1.63. The number of hydrogen-bond donors (Lipinski definition) is 1. The van der Waals surface area contributed by atoms with Crippen LogP contribution in [0.2, 0.25) is 10.0 Å². The van der Waals surface area contributed by atoms with Crippen LogP contribution in [-0.2, 0) is 6.42 Å². The Hall–Kier alpha value is -2.05. The first kappa shape index (κ1) is 17.4. The monoisotopic (exact) mass is 395 g/mol. The third-order valence-corrected chi connectivity index (χ3v) is 5.78. The number of benzene rings is 1. The highest BCUT2D eigenvalue weighted by molar-refractivity contribution is 6.42. The first-order valence-electron chi connectivity index (χ1n) is 8.25. The van der Waals surface area contributed by atoms with Crippen LogP contribution in [0.1, 0.15) is 30.0 Å². The minimum Gasteiger partial charge on any atom is -0.495 e. The summed E-state index contributed by atoms with van der Waals surface area (Å²) < 4.78 is 19.3. The number of amides is 2. The Labute approximate surface area is 160 Å².